The van der Waals surface area contributed by atoms with Crippen LogP contribution in [0.25, 0.3) is 11.6 Å². The van der Waals surface area contributed by atoms with Crippen LogP contribution in [-0.4, -0.2) is 16.0 Å². The fourth-order valence-corrected chi connectivity index (χ4v) is 2.10. The monoisotopic (exact) mass is 322 g/mol. The number of nitriles is 1. The molecule has 0 aliphatic rings. The van der Waals surface area contributed by atoms with E-state index in [-0.39, 0.29) is 12.3 Å². The third-order valence-electron chi connectivity index (χ3n) is 3.30. The van der Waals surface area contributed by atoms with Crippen LogP contribution in [0.1, 0.15) is 17.9 Å². The number of nitrogens with zero attached hydrogens (tertiary/aromatic N) is 3. The van der Waals surface area contributed by atoms with Gasteiger partial charge in [-0.05, 0) is 29.8 Å². The van der Waals surface area contributed by atoms with Gasteiger partial charge in [0.2, 0.25) is 17.6 Å². The fourth-order valence-electron chi connectivity index (χ4n) is 2.10. The Hall–Kier alpha value is -3.40. The molecular weight excluding hydrogens is 308 g/mol. The molecule has 0 radical (unpaired) electrons. The lowest BCUT2D eigenvalue weighted by molar-refractivity contribution is -0.116. The van der Waals surface area contributed by atoms with Gasteiger partial charge < -0.3 is 14.3 Å². The van der Waals surface area contributed by atoms with E-state index in [4.69, 9.17) is 14.2 Å². The van der Waals surface area contributed by atoms with Crippen LogP contribution in [0.15, 0.2) is 51.6 Å². The first-order valence-electron chi connectivity index (χ1n) is 7.37. The summed E-state index contributed by atoms with van der Waals surface area (Å²) < 4.78 is 10.3. The highest BCUT2D eigenvalue weighted by molar-refractivity contribution is 5.90. The van der Waals surface area contributed by atoms with E-state index < -0.39 is 0 Å². The normalized spacial score (nSPS) is 10.3. The van der Waals surface area contributed by atoms with E-state index in [0.717, 1.165) is 5.56 Å². The Bertz CT molecular complexity index is 845. The molecule has 24 heavy (non-hydrogen) atoms. The van der Waals surface area contributed by atoms with Crippen LogP contribution in [0, 0.1) is 11.3 Å². The highest BCUT2D eigenvalue weighted by atomic mass is 16.5. The Morgan fingerprint density at radius 1 is 1.25 bits per heavy atom. The Morgan fingerprint density at radius 2 is 2.08 bits per heavy atom. The molecule has 7 nitrogen and oxygen atoms in total. The number of furan rings is 1. The van der Waals surface area contributed by atoms with Gasteiger partial charge in [-0.15, -0.1) is 0 Å². The van der Waals surface area contributed by atoms with Crippen LogP contribution in [-0.2, 0) is 17.6 Å². The van der Waals surface area contributed by atoms with Gasteiger partial charge in [-0.25, -0.2) is 0 Å². The molecule has 0 saturated heterocycles. The van der Waals surface area contributed by atoms with Crippen molar-refractivity contribution >= 4 is 11.6 Å². The number of aryl methyl sites for hydroxylation is 1. The summed E-state index contributed by atoms with van der Waals surface area (Å²) in [7, 11) is 0. The molecule has 0 saturated carbocycles. The second kappa shape index (κ2) is 7.24. The molecule has 1 aromatic carbocycles. The quantitative estimate of drug-likeness (QED) is 0.748. The minimum atomic E-state index is -0.152. The van der Waals surface area contributed by atoms with Crippen molar-refractivity contribution < 1.29 is 13.7 Å². The van der Waals surface area contributed by atoms with E-state index in [9.17, 15) is 4.79 Å². The molecule has 0 bridgehead atoms. The average molecular weight is 322 g/mol. The first-order chi connectivity index (χ1) is 11.7. The van der Waals surface area contributed by atoms with Gasteiger partial charge in [-0.2, -0.15) is 10.2 Å². The third kappa shape index (κ3) is 3.87. The van der Waals surface area contributed by atoms with Crippen molar-refractivity contribution in [3.63, 3.8) is 0 Å². The molecule has 0 unspecified atom stereocenters. The fraction of sp³-hybridized carbons (Fsp3) is 0.176. The number of hydrogen-bond acceptors (Lipinski definition) is 6. The maximum Gasteiger partial charge on any atom is 0.238 e. The number of carbonyl (C=O) groups excluding carboxylic acids is 1. The topological polar surface area (TPSA) is 105 Å². The lowest BCUT2D eigenvalue weighted by Crippen LogP contribution is -2.12. The molecule has 0 aliphatic heterocycles. The van der Waals surface area contributed by atoms with E-state index in [1.807, 2.05) is 12.1 Å². The van der Waals surface area contributed by atoms with Crippen molar-refractivity contribution in [3.05, 3.63) is 54.1 Å². The highest BCUT2D eigenvalue weighted by Gasteiger charge is 2.12. The predicted molar refractivity (Wildman–Crippen MR) is 84.7 cm³/mol. The molecule has 1 amide bonds. The molecule has 1 N–H and O–H groups in total. The number of amides is 1. The lowest BCUT2D eigenvalue weighted by atomic mass is 10.1. The zero-order valence-corrected chi connectivity index (χ0v) is 12.7. The van der Waals surface area contributed by atoms with Crippen LogP contribution < -0.4 is 5.32 Å². The Labute approximate surface area is 137 Å². The number of hydrogen-bond donors (Lipinski definition) is 1. The highest BCUT2D eigenvalue weighted by Crippen LogP contribution is 2.16. The third-order valence-corrected chi connectivity index (χ3v) is 3.30. The molecule has 0 aliphatic carbocycles. The zero-order chi connectivity index (χ0) is 16.8. The number of nitrogens with one attached hydrogen (secondary N) is 1. The second-order valence-electron chi connectivity index (χ2n) is 5.07. The van der Waals surface area contributed by atoms with E-state index in [0.29, 0.717) is 36.0 Å². The van der Waals surface area contributed by atoms with E-state index in [1.54, 1.807) is 24.3 Å². The summed E-state index contributed by atoms with van der Waals surface area (Å²) in [5.74, 6) is 1.11. The van der Waals surface area contributed by atoms with Gasteiger partial charge in [0.1, 0.15) is 0 Å². The second-order valence-corrected chi connectivity index (χ2v) is 5.07. The maximum absolute atomic E-state index is 12.0. The van der Waals surface area contributed by atoms with Crippen LogP contribution >= 0.6 is 0 Å². The van der Waals surface area contributed by atoms with Crippen LogP contribution in [0.3, 0.4) is 0 Å². The van der Waals surface area contributed by atoms with Gasteiger partial charge >= 0.3 is 0 Å². The minimum absolute atomic E-state index is 0.152. The average Bonchev–Trinajstić information content (AvgIpc) is 3.26. The van der Waals surface area contributed by atoms with Crippen molar-refractivity contribution in [1.29, 1.82) is 5.26 Å². The summed E-state index contributed by atoms with van der Waals surface area (Å²) in [4.78, 5) is 16.1. The first kappa shape index (κ1) is 15.5. The lowest BCUT2D eigenvalue weighted by Gasteiger charge is -2.04. The number of benzene rings is 1. The molecule has 2 aromatic heterocycles. The van der Waals surface area contributed by atoms with Gasteiger partial charge in [0.15, 0.2) is 5.76 Å². The molecule has 0 fully saturated rings. The number of rotatable bonds is 6. The molecule has 120 valence electrons. The minimum Gasteiger partial charge on any atom is -0.461 e. The summed E-state index contributed by atoms with van der Waals surface area (Å²) >= 11 is 0. The predicted octanol–water partition coefficient (Wildman–Crippen LogP) is 2.97. The van der Waals surface area contributed by atoms with Gasteiger partial charge in [0.25, 0.3) is 0 Å². The van der Waals surface area contributed by atoms with Crippen molar-refractivity contribution in [2.45, 2.75) is 19.3 Å². The van der Waals surface area contributed by atoms with Crippen LogP contribution in [0.4, 0.5) is 5.69 Å². The van der Waals surface area contributed by atoms with Gasteiger partial charge in [0.05, 0.1) is 18.8 Å². The molecule has 2 heterocycles. The van der Waals surface area contributed by atoms with Crippen LogP contribution in [0.2, 0.25) is 0 Å². The van der Waals surface area contributed by atoms with E-state index >= 15 is 0 Å². The summed E-state index contributed by atoms with van der Waals surface area (Å²) in [6, 6.07) is 12.7. The summed E-state index contributed by atoms with van der Waals surface area (Å²) in [5.41, 5.74) is 1.59. The van der Waals surface area contributed by atoms with Crippen molar-refractivity contribution in [3.8, 4) is 17.7 Å². The summed E-state index contributed by atoms with van der Waals surface area (Å²) in [6.07, 6.45) is 2.44. The summed E-state index contributed by atoms with van der Waals surface area (Å²) in [5, 5.41) is 15.2. The molecule has 7 heteroatoms. The standard InChI is InChI=1S/C17H14N4O3/c18-10-9-12-3-5-13(6-4-12)19-15(22)7-8-16-20-17(21-24-16)14-2-1-11-23-14/h1-6,11H,7-9H2,(H,19,22). The van der Waals surface area contributed by atoms with Gasteiger partial charge in [0, 0.05) is 18.5 Å². The Kier molecular flexibility index (Phi) is 4.68. The van der Waals surface area contributed by atoms with Crippen molar-refractivity contribution in [1.82, 2.24) is 10.1 Å². The number of carbonyl (C=O) groups is 1. The largest absolute Gasteiger partial charge is 0.461 e. The maximum atomic E-state index is 12.0. The SMILES string of the molecule is N#CCc1ccc(NC(=O)CCc2nc(-c3ccco3)no2)cc1. The molecular formula is C17H14N4O3. The van der Waals surface area contributed by atoms with E-state index in [2.05, 4.69) is 21.5 Å². The zero-order valence-electron chi connectivity index (χ0n) is 12.7. The van der Waals surface area contributed by atoms with E-state index in [1.165, 1.54) is 6.26 Å². The van der Waals surface area contributed by atoms with Crippen molar-refractivity contribution in [2.24, 2.45) is 0 Å². The number of anilines is 1. The molecule has 0 spiro atoms. The Balaban J connectivity index is 1.51. The molecule has 3 aromatic rings. The molecule has 3 rings (SSSR count). The van der Waals surface area contributed by atoms with Gasteiger partial charge in [-0.1, -0.05) is 17.3 Å². The number of aromatic nitrogens is 2. The molecule has 0 atom stereocenters. The van der Waals surface area contributed by atoms with Gasteiger partial charge in [-0.3, -0.25) is 4.79 Å². The first-order valence-corrected chi connectivity index (χ1v) is 7.37. The van der Waals surface area contributed by atoms with Crippen LogP contribution in [0.5, 0.6) is 0 Å². The van der Waals surface area contributed by atoms with Crippen molar-refractivity contribution in [2.75, 3.05) is 5.32 Å². The summed E-state index contributed by atoms with van der Waals surface area (Å²) in [6.45, 7) is 0. The Morgan fingerprint density at radius 3 is 2.79 bits per heavy atom. The smallest absolute Gasteiger partial charge is 0.238 e.